The minimum Gasteiger partial charge on any atom is -0.456 e. The molecule has 0 aliphatic carbocycles. The van der Waals surface area contributed by atoms with Crippen molar-refractivity contribution in [1.82, 2.24) is 19.5 Å². The Kier molecular flexibility index (Phi) is 9.43. The predicted molar refractivity (Wildman–Crippen MR) is 279 cm³/mol. The van der Waals surface area contributed by atoms with Crippen LogP contribution in [0.5, 0.6) is 0 Å². The Hall–Kier alpha value is -9.19. The summed E-state index contributed by atoms with van der Waals surface area (Å²) < 4.78 is 8.93. The Morgan fingerprint density at radius 1 is 0.279 bits per heavy atom. The third kappa shape index (κ3) is 6.76. The van der Waals surface area contributed by atoms with E-state index in [1.54, 1.807) is 0 Å². The Labute approximate surface area is 392 Å². The van der Waals surface area contributed by atoms with Gasteiger partial charge < -0.3 is 8.98 Å². The minimum atomic E-state index is 0.582. The van der Waals surface area contributed by atoms with Crippen LogP contribution in [0.25, 0.3) is 128 Å². The van der Waals surface area contributed by atoms with Crippen LogP contribution in [0, 0.1) is 0 Å². The van der Waals surface area contributed by atoms with Gasteiger partial charge in [-0.05, 0) is 69.8 Å². The molecule has 0 radical (unpaired) electrons. The zero-order valence-corrected chi connectivity index (χ0v) is 36.8. The number of benzene rings is 10. The molecule has 10 aromatic carbocycles. The number of hydrogen-bond acceptors (Lipinski definition) is 4. The first kappa shape index (κ1) is 39.2. The Bertz CT molecular complexity index is 3810. The number of para-hydroxylation sites is 2. The Morgan fingerprint density at radius 3 is 1.22 bits per heavy atom. The summed E-state index contributed by atoms with van der Waals surface area (Å²) in [6.07, 6.45) is 0. The van der Waals surface area contributed by atoms with Gasteiger partial charge in [-0.1, -0.05) is 206 Å². The van der Waals surface area contributed by atoms with Crippen molar-refractivity contribution >= 4 is 43.7 Å². The third-order valence-electron chi connectivity index (χ3n) is 13.1. The highest BCUT2D eigenvalue weighted by atomic mass is 16.3. The zero-order chi connectivity index (χ0) is 45.0. The molecule has 0 aliphatic heterocycles. The fourth-order valence-electron chi connectivity index (χ4n) is 9.84. The maximum Gasteiger partial charge on any atom is 0.164 e. The number of furan rings is 1. The lowest BCUT2D eigenvalue weighted by Gasteiger charge is -2.21. The van der Waals surface area contributed by atoms with E-state index in [0.717, 1.165) is 111 Å². The van der Waals surface area contributed by atoms with Gasteiger partial charge in [0.15, 0.2) is 17.5 Å². The van der Waals surface area contributed by atoms with Crippen LogP contribution >= 0.6 is 0 Å². The van der Waals surface area contributed by atoms with Crippen molar-refractivity contribution < 1.29 is 4.42 Å². The average molecular weight is 869 g/mol. The van der Waals surface area contributed by atoms with Crippen molar-refractivity contribution in [3.63, 3.8) is 0 Å². The first-order valence-corrected chi connectivity index (χ1v) is 22.9. The standard InChI is InChI=1S/C63H40N4O/c1-5-17-41(18-6-1)43-29-33-47(34-30-43)61-64-62(48-35-31-44(32-36-48)42-19-7-2-8-20-42)66-63(65-61)49-39-52(45-21-9-3-10-22-45)60(53(40-49)46-23-11-4-12-24-46)67-54-27-15-13-25-50(54)58-55(67)37-38-57-59(58)51-26-14-16-28-56(51)68-57/h1-40H. The third-order valence-corrected chi connectivity index (χ3v) is 13.1. The van der Waals surface area contributed by atoms with E-state index in [4.69, 9.17) is 19.4 Å². The summed E-state index contributed by atoms with van der Waals surface area (Å²) in [6.45, 7) is 0. The summed E-state index contributed by atoms with van der Waals surface area (Å²) in [5.74, 6) is 1.78. The summed E-state index contributed by atoms with van der Waals surface area (Å²) in [7, 11) is 0. The van der Waals surface area contributed by atoms with Gasteiger partial charge in [0.05, 0.1) is 16.7 Å². The average Bonchev–Trinajstić information content (AvgIpc) is 3.97. The lowest BCUT2D eigenvalue weighted by molar-refractivity contribution is 0.669. The molecule has 0 N–H and O–H groups in total. The van der Waals surface area contributed by atoms with E-state index in [9.17, 15) is 0 Å². The van der Waals surface area contributed by atoms with Crippen LogP contribution in [0.1, 0.15) is 0 Å². The molecule has 318 valence electrons. The van der Waals surface area contributed by atoms with Crippen LogP contribution in [-0.2, 0) is 0 Å². The second-order valence-corrected chi connectivity index (χ2v) is 17.1. The van der Waals surface area contributed by atoms with E-state index in [1.807, 2.05) is 18.2 Å². The summed E-state index contributed by atoms with van der Waals surface area (Å²) >= 11 is 0. The second kappa shape index (κ2) is 16.4. The number of nitrogens with zero attached hydrogens (tertiary/aromatic N) is 4. The minimum absolute atomic E-state index is 0.582. The molecular weight excluding hydrogens is 829 g/mol. The maximum absolute atomic E-state index is 6.48. The van der Waals surface area contributed by atoms with Crippen molar-refractivity contribution in [3.8, 4) is 84.4 Å². The maximum atomic E-state index is 6.48. The van der Waals surface area contributed by atoms with Crippen molar-refractivity contribution in [2.45, 2.75) is 0 Å². The lowest BCUT2D eigenvalue weighted by atomic mass is 9.92. The van der Waals surface area contributed by atoms with Gasteiger partial charge in [-0.3, -0.25) is 0 Å². The van der Waals surface area contributed by atoms with Gasteiger partial charge >= 0.3 is 0 Å². The van der Waals surface area contributed by atoms with Crippen molar-refractivity contribution in [2.24, 2.45) is 0 Å². The summed E-state index contributed by atoms with van der Waals surface area (Å²) in [6, 6.07) is 85.2. The van der Waals surface area contributed by atoms with Crippen molar-refractivity contribution in [3.05, 3.63) is 243 Å². The highest BCUT2D eigenvalue weighted by Gasteiger charge is 2.25. The van der Waals surface area contributed by atoms with Crippen molar-refractivity contribution in [2.75, 3.05) is 0 Å². The SMILES string of the molecule is c1ccc(-c2ccc(-c3nc(-c4ccc(-c5ccccc5)cc4)nc(-c4cc(-c5ccccc5)c(-n5c6ccccc6c6c7c(ccc65)oc5ccccc57)c(-c5ccccc5)c4)n3)cc2)cc1. The van der Waals surface area contributed by atoms with Crippen LogP contribution in [0.3, 0.4) is 0 Å². The Morgan fingerprint density at radius 2 is 0.691 bits per heavy atom. The molecule has 5 heteroatoms. The first-order chi connectivity index (χ1) is 33.7. The number of fused-ring (bicyclic) bond motifs is 7. The van der Waals surface area contributed by atoms with Gasteiger partial charge in [0.1, 0.15) is 11.2 Å². The van der Waals surface area contributed by atoms with E-state index in [1.165, 1.54) is 0 Å². The molecule has 68 heavy (non-hydrogen) atoms. The van der Waals surface area contributed by atoms with Gasteiger partial charge in [-0.15, -0.1) is 0 Å². The van der Waals surface area contributed by atoms with E-state index in [0.29, 0.717) is 17.5 Å². The smallest absolute Gasteiger partial charge is 0.164 e. The fourth-order valence-corrected chi connectivity index (χ4v) is 9.84. The first-order valence-electron chi connectivity index (χ1n) is 22.9. The molecule has 13 rings (SSSR count). The molecule has 5 nitrogen and oxygen atoms in total. The molecule has 13 aromatic rings. The zero-order valence-electron chi connectivity index (χ0n) is 36.8. The van der Waals surface area contributed by atoms with E-state index < -0.39 is 0 Å². The second-order valence-electron chi connectivity index (χ2n) is 17.1. The van der Waals surface area contributed by atoms with Gasteiger partial charge in [0.2, 0.25) is 0 Å². The Balaban J connectivity index is 1.08. The van der Waals surface area contributed by atoms with Gasteiger partial charge in [0, 0.05) is 49.4 Å². The number of rotatable bonds is 8. The van der Waals surface area contributed by atoms with Gasteiger partial charge in [-0.2, -0.15) is 0 Å². The molecule has 3 heterocycles. The van der Waals surface area contributed by atoms with Gasteiger partial charge in [-0.25, -0.2) is 15.0 Å². The van der Waals surface area contributed by atoms with Crippen LogP contribution in [0.4, 0.5) is 0 Å². The largest absolute Gasteiger partial charge is 0.456 e. The number of hydrogen-bond donors (Lipinski definition) is 0. The monoisotopic (exact) mass is 868 g/mol. The molecule has 0 aliphatic rings. The summed E-state index contributed by atoms with van der Waals surface area (Å²) in [5, 5.41) is 4.54. The summed E-state index contributed by atoms with van der Waals surface area (Å²) in [5.41, 5.74) is 16.5. The topological polar surface area (TPSA) is 56.7 Å². The van der Waals surface area contributed by atoms with Gasteiger partial charge in [0.25, 0.3) is 0 Å². The molecule has 0 atom stereocenters. The molecule has 0 bridgehead atoms. The highest BCUT2D eigenvalue weighted by Crippen LogP contribution is 2.46. The summed E-state index contributed by atoms with van der Waals surface area (Å²) in [4.78, 5) is 15.9. The molecule has 0 amide bonds. The van der Waals surface area contributed by atoms with E-state index >= 15 is 0 Å². The quantitative estimate of drug-likeness (QED) is 0.153. The highest BCUT2D eigenvalue weighted by molar-refractivity contribution is 6.27. The molecule has 0 spiro atoms. The number of aromatic nitrogens is 4. The molecule has 0 saturated heterocycles. The van der Waals surface area contributed by atoms with Crippen LogP contribution in [0.2, 0.25) is 0 Å². The molecule has 0 fully saturated rings. The molecule has 0 saturated carbocycles. The van der Waals surface area contributed by atoms with Crippen molar-refractivity contribution in [1.29, 1.82) is 0 Å². The lowest BCUT2D eigenvalue weighted by Crippen LogP contribution is -2.04. The normalized spacial score (nSPS) is 11.5. The van der Waals surface area contributed by atoms with E-state index in [2.05, 4.69) is 229 Å². The molecule has 0 unspecified atom stereocenters. The van der Waals surface area contributed by atoms with Crippen LogP contribution in [0.15, 0.2) is 247 Å². The van der Waals surface area contributed by atoms with E-state index in [-0.39, 0.29) is 0 Å². The molecule has 3 aromatic heterocycles. The van der Waals surface area contributed by atoms with Crippen LogP contribution in [-0.4, -0.2) is 19.5 Å². The van der Waals surface area contributed by atoms with Crippen LogP contribution < -0.4 is 0 Å². The molecular formula is C63H40N4O. The predicted octanol–water partition coefficient (Wildman–Crippen LogP) is 16.5. The fraction of sp³-hybridized carbons (Fsp3) is 0.